The zero-order valence-corrected chi connectivity index (χ0v) is 15.2. The molecular formula is C19H36O4. The summed E-state index contributed by atoms with van der Waals surface area (Å²) in [6, 6.07) is 0. The van der Waals surface area contributed by atoms with E-state index in [0.29, 0.717) is 32.3 Å². The first-order valence-corrected chi connectivity index (χ1v) is 9.43. The molecule has 4 nitrogen and oxygen atoms in total. The summed E-state index contributed by atoms with van der Waals surface area (Å²) in [5.74, 6) is -0.366. The lowest BCUT2D eigenvalue weighted by atomic mass is 10.1. The van der Waals surface area contributed by atoms with Gasteiger partial charge in [-0.25, -0.2) is 0 Å². The van der Waals surface area contributed by atoms with Crippen molar-refractivity contribution >= 4 is 11.9 Å². The number of unbranched alkanes of at least 4 members (excludes halogenated alkanes) is 10. The Morgan fingerprint density at radius 3 is 1.65 bits per heavy atom. The summed E-state index contributed by atoms with van der Waals surface area (Å²) in [6.07, 6.45) is 14.9. The lowest BCUT2D eigenvalue weighted by molar-refractivity contribution is -0.145. The zero-order valence-electron chi connectivity index (χ0n) is 15.2. The van der Waals surface area contributed by atoms with Gasteiger partial charge >= 0.3 is 11.9 Å². The molecule has 0 aliphatic rings. The van der Waals surface area contributed by atoms with E-state index in [4.69, 9.17) is 4.74 Å². The highest BCUT2D eigenvalue weighted by atomic mass is 16.5. The van der Waals surface area contributed by atoms with E-state index >= 15 is 0 Å². The molecule has 0 aromatic rings. The maximum Gasteiger partial charge on any atom is 0.305 e. The fourth-order valence-corrected chi connectivity index (χ4v) is 2.49. The van der Waals surface area contributed by atoms with Crippen LogP contribution in [-0.2, 0) is 19.1 Å². The van der Waals surface area contributed by atoms with Crippen molar-refractivity contribution in [3.8, 4) is 0 Å². The summed E-state index contributed by atoms with van der Waals surface area (Å²) in [7, 11) is 1.38. The van der Waals surface area contributed by atoms with Crippen molar-refractivity contribution in [1.82, 2.24) is 0 Å². The number of rotatable bonds is 16. The molecule has 0 N–H and O–H groups in total. The molecule has 0 atom stereocenters. The summed E-state index contributed by atoms with van der Waals surface area (Å²) >= 11 is 0. The topological polar surface area (TPSA) is 52.6 Å². The second kappa shape index (κ2) is 17.3. The number of ether oxygens (including phenoxy) is 2. The smallest absolute Gasteiger partial charge is 0.305 e. The van der Waals surface area contributed by atoms with Crippen molar-refractivity contribution in [2.24, 2.45) is 0 Å². The fourth-order valence-electron chi connectivity index (χ4n) is 2.49. The molecule has 0 unspecified atom stereocenters. The van der Waals surface area contributed by atoms with Gasteiger partial charge in [0.1, 0.15) is 0 Å². The standard InChI is InChI=1S/C19H36O4/c1-3-4-5-6-7-8-9-10-11-14-17-23-19(21)16-13-12-15-18(20)22-2/h3-17H2,1-2H3. The first-order chi connectivity index (χ1) is 11.2. The minimum atomic E-state index is -0.219. The third-order valence-corrected chi connectivity index (χ3v) is 4.00. The summed E-state index contributed by atoms with van der Waals surface area (Å²) < 4.78 is 9.74. The van der Waals surface area contributed by atoms with Gasteiger partial charge in [0.25, 0.3) is 0 Å². The van der Waals surface area contributed by atoms with E-state index < -0.39 is 0 Å². The minimum absolute atomic E-state index is 0.147. The molecule has 0 amide bonds. The fraction of sp³-hybridized carbons (Fsp3) is 0.895. The van der Waals surface area contributed by atoms with Gasteiger partial charge < -0.3 is 9.47 Å². The van der Waals surface area contributed by atoms with Gasteiger partial charge in [0.2, 0.25) is 0 Å². The lowest BCUT2D eigenvalue weighted by Crippen LogP contribution is -2.06. The van der Waals surface area contributed by atoms with Crippen molar-refractivity contribution in [1.29, 1.82) is 0 Å². The molecule has 0 radical (unpaired) electrons. The molecule has 0 rings (SSSR count). The van der Waals surface area contributed by atoms with E-state index in [0.717, 1.165) is 12.8 Å². The molecule has 0 aliphatic heterocycles. The molecule has 4 heteroatoms. The van der Waals surface area contributed by atoms with Crippen molar-refractivity contribution in [2.75, 3.05) is 13.7 Å². The van der Waals surface area contributed by atoms with Gasteiger partial charge in [-0.15, -0.1) is 0 Å². The van der Waals surface area contributed by atoms with E-state index in [-0.39, 0.29) is 11.9 Å². The molecule has 0 saturated carbocycles. The van der Waals surface area contributed by atoms with Crippen LogP contribution in [0.25, 0.3) is 0 Å². The minimum Gasteiger partial charge on any atom is -0.469 e. The zero-order chi connectivity index (χ0) is 17.2. The number of carbonyl (C=O) groups is 2. The number of methoxy groups -OCH3 is 1. The summed E-state index contributed by atoms with van der Waals surface area (Å²) in [4.78, 5) is 22.4. The van der Waals surface area contributed by atoms with Gasteiger partial charge in [-0.3, -0.25) is 9.59 Å². The van der Waals surface area contributed by atoms with Gasteiger partial charge in [0.15, 0.2) is 0 Å². The molecule has 0 aromatic carbocycles. The molecule has 0 bridgehead atoms. The molecule has 0 fully saturated rings. The van der Waals surface area contributed by atoms with E-state index in [1.54, 1.807) is 0 Å². The lowest BCUT2D eigenvalue weighted by Gasteiger charge is -2.05. The number of esters is 2. The highest BCUT2D eigenvalue weighted by Gasteiger charge is 2.04. The molecule has 0 heterocycles. The number of hydrogen-bond acceptors (Lipinski definition) is 4. The quantitative estimate of drug-likeness (QED) is 0.289. The Morgan fingerprint density at radius 1 is 0.652 bits per heavy atom. The van der Waals surface area contributed by atoms with Gasteiger partial charge in [-0.05, 0) is 19.3 Å². The maximum atomic E-state index is 11.5. The summed E-state index contributed by atoms with van der Waals surface area (Å²) in [6.45, 7) is 2.78. The number of hydrogen-bond donors (Lipinski definition) is 0. The average Bonchev–Trinajstić information content (AvgIpc) is 2.56. The van der Waals surface area contributed by atoms with Gasteiger partial charge in [-0.1, -0.05) is 64.7 Å². The van der Waals surface area contributed by atoms with Crippen LogP contribution in [0.4, 0.5) is 0 Å². The van der Waals surface area contributed by atoms with E-state index in [2.05, 4.69) is 11.7 Å². The van der Waals surface area contributed by atoms with Gasteiger partial charge in [0.05, 0.1) is 13.7 Å². The summed E-state index contributed by atoms with van der Waals surface area (Å²) in [5, 5.41) is 0. The SMILES string of the molecule is CCCCCCCCCCCCOC(=O)CCCCC(=O)OC. The first-order valence-electron chi connectivity index (χ1n) is 9.43. The highest BCUT2D eigenvalue weighted by Crippen LogP contribution is 2.10. The Kier molecular flexibility index (Phi) is 16.5. The maximum absolute atomic E-state index is 11.5. The van der Waals surface area contributed by atoms with Crippen molar-refractivity contribution in [2.45, 2.75) is 96.8 Å². The Bertz CT molecular complexity index is 289. The predicted octanol–water partition coefficient (Wildman–Crippen LogP) is 5.18. The highest BCUT2D eigenvalue weighted by molar-refractivity contribution is 5.70. The van der Waals surface area contributed by atoms with Crippen LogP contribution in [-0.4, -0.2) is 25.7 Å². The monoisotopic (exact) mass is 328 g/mol. The van der Waals surface area contributed by atoms with Crippen LogP contribution >= 0.6 is 0 Å². The third-order valence-electron chi connectivity index (χ3n) is 4.00. The normalized spacial score (nSPS) is 10.5. The molecule has 0 aliphatic carbocycles. The van der Waals surface area contributed by atoms with Crippen LogP contribution in [0.3, 0.4) is 0 Å². The van der Waals surface area contributed by atoms with Crippen molar-refractivity contribution < 1.29 is 19.1 Å². The summed E-state index contributed by atoms with van der Waals surface area (Å²) in [5.41, 5.74) is 0. The van der Waals surface area contributed by atoms with Crippen LogP contribution in [0, 0.1) is 0 Å². The molecule has 23 heavy (non-hydrogen) atoms. The molecule has 136 valence electrons. The Labute approximate surface area is 142 Å². The van der Waals surface area contributed by atoms with Crippen LogP contribution < -0.4 is 0 Å². The Hall–Kier alpha value is -1.06. The third kappa shape index (κ3) is 17.1. The second-order valence-corrected chi connectivity index (χ2v) is 6.19. The van der Waals surface area contributed by atoms with Crippen LogP contribution in [0.1, 0.15) is 96.8 Å². The predicted molar refractivity (Wildman–Crippen MR) is 93.3 cm³/mol. The second-order valence-electron chi connectivity index (χ2n) is 6.19. The Morgan fingerprint density at radius 2 is 1.13 bits per heavy atom. The molecule has 0 saturated heterocycles. The Balaban J connectivity index is 3.19. The first kappa shape index (κ1) is 21.9. The number of carbonyl (C=O) groups excluding carboxylic acids is 2. The van der Waals surface area contributed by atoms with E-state index in [1.165, 1.54) is 58.5 Å². The average molecular weight is 328 g/mol. The van der Waals surface area contributed by atoms with E-state index in [1.807, 2.05) is 0 Å². The van der Waals surface area contributed by atoms with Crippen LogP contribution in [0.15, 0.2) is 0 Å². The van der Waals surface area contributed by atoms with Gasteiger partial charge in [-0.2, -0.15) is 0 Å². The van der Waals surface area contributed by atoms with Crippen LogP contribution in [0.5, 0.6) is 0 Å². The molecule has 0 aromatic heterocycles. The van der Waals surface area contributed by atoms with Crippen molar-refractivity contribution in [3.63, 3.8) is 0 Å². The van der Waals surface area contributed by atoms with Crippen molar-refractivity contribution in [3.05, 3.63) is 0 Å². The van der Waals surface area contributed by atoms with Gasteiger partial charge in [0, 0.05) is 12.8 Å². The van der Waals surface area contributed by atoms with Crippen LogP contribution in [0.2, 0.25) is 0 Å². The van der Waals surface area contributed by atoms with E-state index in [9.17, 15) is 9.59 Å². The molecule has 0 spiro atoms. The largest absolute Gasteiger partial charge is 0.469 e. The molecular weight excluding hydrogens is 292 g/mol.